The van der Waals surface area contributed by atoms with Crippen molar-refractivity contribution >= 4 is 22.8 Å². The van der Waals surface area contributed by atoms with Crippen molar-refractivity contribution in [1.82, 2.24) is 10.6 Å². The van der Waals surface area contributed by atoms with Crippen LogP contribution < -0.4 is 10.6 Å². The Balaban J connectivity index is 3.45. The van der Waals surface area contributed by atoms with Crippen LogP contribution in [0, 0.1) is 0 Å². The summed E-state index contributed by atoms with van der Waals surface area (Å²) < 4.78 is 10.9. The molecule has 0 saturated carbocycles. The van der Waals surface area contributed by atoms with Crippen molar-refractivity contribution in [3.05, 3.63) is 0 Å². The summed E-state index contributed by atoms with van der Waals surface area (Å²) in [6.45, 7) is 1.66. The van der Waals surface area contributed by atoms with Gasteiger partial charge in [0.15, 0.2) is 0 Å². The number of carbonyl (C=O) groups is 2. The molecule has 0 radical (unpaired) electrons. The number of hydrogen-bond acceptors (Lipinski definition) is 3. The Labute approximate surface area is 84.5 Å². The van der Waals surface area contributed by atoms with Crippen LogP contribution in [0.2, 0.25) is 0 Å². The highest BCUT2D eigenvalue weighted by Gasteiger charge is 2.02. The lowest BCUT2D eigenvalue weighted by Crippen LogP contribution is -2.40. The van der Waals surface area contributed by atoms with Crippen molar-refractivity contribution in [2.75, 3.05) is 24.6 Å². The molecule has 2 amide bonds. The SMILES string of the molecule is CCS(=O)CCNC(=O)NCC(=O)O. The normalized spacial score (nSPS) is 11.8. The van der Waals surface area contributed by atoms with Crippen LogP contribution in [0.3, 0.4) is 0 Å². The maximum atomic E-state index is 10.9. The van der Waals surface area contributed by atoms with E-state index >= 15 is 0 Å². The van der Waals surface area contributed by atoms with E-state index in [1.54, 1.807) is 6.92 Å². The van der Waals surface area contributed by atoms with Crippen molar-refractivity contribution in [1.29, 1.82) is 0 Å². The smallest absolute Gasteiger partial charge is 0.323 e. The average Bonchev–Trinajstić information content (AvgIpc) is 2.14. The van der Waals surface area contributed by atoms with Crippen LogP contribution in [0.15, 0.2) is 0 Å². The molecule has 0 aromatic rings. The molecule has 1 unspecified atom stereocenters. The van der Waals surface area contributed by atoms with Crippen molar-refractivity contribution < 1.29 is 18.9 Å². The quantitative estimate of drug-likeness (QED) is 0.545. The largest absolute Gasteiger partial charge is 0.480 e. The molecule has 14 heavy (non-hydrogen) atoms. The van der Waals surface area contributed by atoms with Crippen LogP contribution in [0.5, 0.6) is 0 Å². The van der Waals surface area contributed by atoms with E-state index < -0.39 is 29.3 Å². The van der Waals surface area contributed by atoms with Gasteiger partial charge in [-0.15, -0.1) is 0 Å². The number of urea groups is 1. The summed E-state index contributed by atoms with van der Waals surface area (Å²) in [6.07, 6.45) is 0. The van der Waals surface area contributed by atoms with Crippen LogP contribution >= 0.6 is 0 Å². The van der Waals surface area contributed by atoms with Crippen molar-refractivity contribution in [3.8, 4) is 0 Å². The number of nitrogens with one attached hydrogen (secondary N) is 2. The summed E-state index contributed by atoms with van der Waals surface area (Å²) in [5.74, 6) is -0.160. The molecule has 0 rings (SSSR count). The lowest BCUT2D eigenvalue weighted by molar-refractivity contribution is -0.135. The summed E-state index contributed by atoms with van der Waals surface area (Å²) in [7, 11) is -0.915. The molecular weight excluding hydrogens is 208 g/mol. The molecule has 0 aromatic heterocycles. The zero-order valence-corrected chi connectivity index (χ0v) is 8.73. The molecule has 0 fully saturated rings. The summed E-state index contributed by atoms with van der Waals surface area (Å²) in [5, 5.41) is 12.7. The molecule has 0 bridgehead atoms. The first-order chi connectivity index (χ1) is 6.56. The van der Waals surface area contributed by atoms with Crippen LogP contribution in [0.4, 0.5) is 4.79 Å². The van der Waals surface area contributed by atoms with Gasteiger partial charge in [0.1, 0.15) is 6.54 Å². The molecule has 0 spiro atoms. The van der Waals surface area contributed by atoms with Crippen molar-refractivity contribution in [2.24, 2.45) is 0 Å². The van der Waals surface area contributed by atoms with E-state index in [0.717, 1.165) is 0 Å². The molecule has 3 N–H and O–H groups in total. The average molecular weight is 222 g/mol. The number of rotatable bonds is 6. The number of carboxylic acids is 1. The predicted molar refractivity (Wildman–Crippen MR) is 52.6 cm³/mol. The Morgan fingerprint density at radius 3 is 2.50 bits per heavy atom. The van der Waals surface area contributed by atoms with Gasteiger partial charge in [-0.3, -0.25) is 9.00 Å². The molecule has 82 valence electrons. The van der Waals surface area contributed by atoms with Crippen molar-refractivity contribution in [2.45, 2.75) is 6.92 Å². The zero-order valence-electron chi connectivity index (χ0n) is 7.91. The second kappa shape index (κ2) is 7.31. The molecule has 0 saturated heterocycles. The van der Waals surface area contributed by atoms with E-state index in [2.05, 4.69) is 10.6 Å². The molecule has 6 nitrogen and oxygen atoms in total. The second-order valence-corrected chi connectivity index (χ2v) is 4.30. The number of aliphatic carboxylic acids is 1. The van der Waals surface area contributed by atoms with Gasteiger partial charge >= 0.3 is 12.0 Å². The highest BCUT2D eigenvalue weighted by atomic mass is 32.2. The van der Waals surface area contributed by atoms with Gasteiger partial charge in [0, 0.05) is 28.9 Å². The molecule has 0 aliphatic carbocycles. The Morgan fingerprint density at radius 2 is 2.00 bits per heavy atom. The minimum atomic E-state index is -1.10. The number of hydrogen-bond donors (Lipinski definition) is 3. The van der Waals surface area contributed by atoms with Gasteiger partial charge in [-0.25, -0.2) is 4.79 Å². The van der Waals surface area contributed by atoms with E-state index in [-0.39, 0.29) is 6.54 Å². The molecule has 0 aliphatic heterocycles. The van der Waals surface area contributed by atoms with E-state index in [0.29, 0.717) is 11.5 Å². The standard InChI is InChI=1S/C7H14N2O4S/c1-2-14(13)4-3-8-7(12)9-5-6(10)11/h2-5H2,1H3,(H,10,11)(H2,8,9,12). The van der Waals surface area contributed by atoms with Crippen molar-refractivity contribution in [3.63, 3.8) is 0 Å². The van der Waals surface area contributed by atoms with Gasteiger partial charge in [0.25, 0.3) is 0 Å². The first-order valence-corrected chi connectivity index (χ1v) is 5.63. The highest BCUT2D eigenvalue weighted by molar-refractivity contribution is 7.84. The fraction of sp³-hybridized carbons (Fsp3) is 0.714. The fourth-order valence-electron chi connectivity index (χ4n) is 0.641. The number of carboxylic acid groups (broad SMARTS) is 1. The second-order valence-electron chi connectivity index (χ2n) is 2.44. The summed E-state index contributed by atoms with van der Waals surface area (Å²) in [6, 6.07) is -0.555. The Bertz CT molecular complexity index is 232. The monoisotopic (exact) mass is 222 g/mol. The lowest BCUT2D eigenvalue weighted by Gasteiger charge is -2.04. The van der Waals surface area contributed by atoms with E-state index in [9.17, 15) is 13.8 Å². The first kappa shape index (κ1) is 12.9. The lowest BCUT2D eigenvalue weighted by atomic mass is 10.6. The van der Waals surface area contributed by atoms with Crippen LogP contribution in [0.1, 0.15) is 6.92 Å². The van der Waals surface area contributed by atoms with Crippen LogP contribution in [-0.2, 0) is 15.6 Å². The van der Waals surface area contributed by atoms with Crippen LogP contribution in [-0.4, -0.2) is 45.9 Å². The summed E-state index contributed by atoms with van der Waals surface area (Å²) in [4.78, 5) is 20.9. The van der Waals surface area contributed by atoms with E-state index in [1.165, 1.54) is 0 Å². The molecule has 7 heteroatoms. The molecule has 0 aromatic carbocycles. The Kier molecular flexibility index (Phi) is 6.73. The first-order valence-electron chi connectivity index (χ1n) is 4.14. The summed E-state index contributed by atoms with van der Waals surface area (Å²) >= 11 is 0. The van der Waals surface area contributed by atoms with Gasteiger partial charge in [-0.2, -0.15) is 0 Å². The third kappa shape index (κ3) is 7.53. The summed E-state index contributed by atoms with van der Waals surface area (Å²) in [5.41, 5.74) is 0. The minimum absolute atomic E-state index is 0.284. The number of carbonyl (C=O) groups excluding carboxylic acids is 1. The molecule has 0 aliphatic rings. The topological polar surface area (TPSA) is 95.5 Å². The third-order valence-electron chi connectivity index (χ3n) is 1.34. The van der Waals surface area contributed by atoms with Gasteiger partial charge in [-0.1, -0.05) is 6.92 Å². The maximum Gasteiger partial charge on any atom is 0.323 e. The highest BCUT2D eigenvalue weighted by Crippen LogP contribution is 1.78. The van der Waals surface area contributed by atoms with Crippen LogP contribution in [0.25, 0.3) is 0 Å². The maximum absolute atomic E-state index is 10.9. The predicted octanol–water partition coefficient (Wildman–Crippen LogP) is -0.861. The minimum Gasteiger partial charge on any atom is -0.480 e. The molecule has 1 atom stereocenters. The van der Waals surface area contributed by atoms with Gasteiger partial charge in [0.05, 0.1) is 0 Å². The van der Waals surface area contributed by atoms with Gasteiger partial charge < -0.3 is 15.7 Å². The van der Waals surface area contributed by atoms with Gasteiger partial charge in [-0.05, 0) is 0 Å². The van der Waals surface area contributed by atoms with Gasteiger partial charge in [0.2, 0.25) is 0 Å². The Morgan fingerprint density at radius 1 is 1.36 bits per heavy atom. The fourth-order valence-corrected chi connectivity index (χ4v) is 1.26. The molecule has 0 heterocycles. The van der Waals surface area contributed by atoms with E-state index in [1.807, 2.05) is 0 Å². The molecular formula is C7H14N2O4S. The Hall–Kier alpha value is -1.11. The third-order valence-corrected chi connectivity index (χ3v) is 2.64. The van der Waals surface area contributed by atoms with E-state index in [4.69, 9.17) is 5.11 Å². The number of amides is 2. The zero-order chi connectivity index (χ0) is 11.0.